The number of nitrogens with two attached hydrogens (primary N) is 1. The maximum atomic E-state index is 13.5. The van der Waals surface area contributed by atoms with Gasteiger partial charge >= 0.3 is 0 Å². The second-order valence-corrected chi connectivity index (χ2v) is 3.83. The highest BCUT2D eigenvalue weighted by Gasteiger charge is 2.21. The Morgan fingerprint density at radius 2 is 2.07 bits per heavy atom. The molecule has 0 fully saturated rings. The number of aliphatic hydroxyl groups is 1. The maximum absolute atomic E-state index is 13.5. The predicted octanol–water partition coefficient (Wildman–Crippen LogP) is 1.82. The fraction of sp³-hybridized carbons (Fsp3) is 0.333. The third-order valence-corrected chi connectivity index (χ3v) is 2.74. The van der Waals surface area contributed by atoms with E-state index in [1.807, 2.05) is 0 Å². The summed E-state index contributed by atoms with van der Waals surface area (Å²) in [6.07, 6.45) is 0.0467. The SMILES string of the molecule is NC(CCO)c1c(F)cc(O)c(Br)c1F. The number of aliphatic hydroxyl groups excluding tert-OH is 1. The second-order valence-electron chi connectivity index (χ2n) is 3.04. The summed E-state index contributed by atoms with van der Waals surface area (Å²) in [5.74, 6) is -2.38. The molecule has 15 heavy (non-hydrogen) atoms. The second kappa shape index (κ2) is 4.87. The summed E-state index contributed by atoms with van der Waals surface area (Å²) < 4.78 is 26.5. The average Bonchev–Trinajstić information content (AvgIpc) is 2.15. The van der Waals surface area contributed by atoms with Gasteiger partial charge in [0, 0.05) is 24.3 Å². The summed E-state index contributed by atoms with van der Waals surface area (Å²) in [5.41, 5.74) is 5.14. The van der Waals surface area contributed by atoms with Crippen molar-refractivity contribution < 1.29 is 19.0 Å². The predicted molar refractivity (Wildman–Crippen MR) is 54.4 cm³/mol. The van der Waals surface area contributed by atoms with Crippen LogP contribution in [0.25, 0.3) is 0 Å². The molecule has 0 amide bonds. The summed E-state index contributed by atoms with van der Waals surface area (Å²) in [5, 5.41) is 17.7. The fourth-order valence-electron chi connectivity index (χ4n) is 1.22. The number of rotatable bonds is 3. The van der Waals surface area contributed by atoms with E-state index in [0.717, 1.165) is 6.07 Å². The van der Waals surface area contributed by atoms with E-state index in [0.29, 0.717) is 0 Å². The van der Waals surface area contributed by atoms with E-state index in [1.165, 1.54) is 0 Å². The number of phenols is 1. The Balaban J connectivity index is 3.23. The molecule has 1 unspecified atom stereocenters. The van der Waals surface area contributed by atoms with Gasteiger partial charge < -0.3 is 15.9 Å². The van der Waals surface area contributed by atoms with Crippen LogP contribution in [0.5, 0.6) is 5.75 Å². The highest BCUT2D eigenvalue weighted by molar-refractivity contribution is 9.10. The molecule has 1 aromatic carbocycles. The van der Waals surface area contributed by atoms with E-state index < -0.39 is 23.4 Å². The molecule has 0 aromatic heterocycles. The molecule has 0 aliphatic rings. The highest BCUT2D eigenvalue weighted by Crippen LogP contribution is 2.33. The van der Waals surface area contributed by atoms with Crippen LogP contribution in [0.15, 0.2) is 10.5 Å². The summed E-state index contributed by atoms with van der Waals surface area (Å²) in [7, 11) is 0. The fourth-order valence-corrected chi connectivity index (χ4v) is 1.55. The number of benzene rings is 1. The molecule has 84 valence electrons. The molecular formula is C9H10BrF2NO2. The van der Waals surface area contributed by atoms with Gasteiger partial charge in [0.2, 0.25) is 0 Å². The third-order valence-electron chi connectivity index (χ3n) is 1.99. The molecule has 1 aromatic rings. The summed E-state index contributed by atoms with van der Waals surface area (Å²) in [6, 6.07) is -0.161. The summed E-state index contributed by atoms with van der Waals surface area (Å²) in [4.78, 5) is 0. The molecule has 1 atom stereocenters. The lowest BCUT2D eigenvalue weighted by molar-refractivity contribution is 0.274. The van der Waals surface area contributed by atoms with Crippen molar-refractivity contribution in [2.75, 3.05) is 6.61 Å². The minimum Gasteiger partial charge on any atom is -0.507 e. The summed E-state index contributed by atoms with van der Waals surface area (Å²) >= 11 is 2.77. The Labute approximate surface area is 93.7 Å². The first-order valence-electron chi connectivity index (χ1n) is 4.21. The van der Waals surface area contributed by atoms with Crippen molar-refractivity contribution in [2.24, 2.45) is 5.73 Å². The molecular weight excluding hydrogens is 272 g/mol. The van der Waals surface area contributed by atoms with Crippen LogP contribution in [0.2, 0.25) is 0 Å². The number of aromatic hydroxyl groups is 1. The van der Waals surface area contributed by atoms with Gasteiger partial charge in [0.25, 0.3) is 0 Å². The minimum atomic E-state index is -0.938. The highest BCUT2D eigenvalue weighted by atomic mass is 79.9. The van der Waals surface area contributed by atoms with E-state index in [-0.39, 0.29) is 23.1 Å². The molecule has 0 saturated carbocycles. The third kappa shape index (κ3) is 2.45. The van der Waals surface area contributed by atoms with Crippen LogP contribution < -0.4 is 5.73 Å². The lowest BCUT2D eigenvalue weighted by Gasteiger charge is -2.14. The number of hydrogen-bond donors (Lipinski definition) is 3. The van der Waals surface area contributed by atoms with Crippen LogP contribution in [0.4, 0.5) is 8.78 Å². The Bertz CT molecular complexity index is 374. The molecule has 3 nitrogen and oxygen atoms in total. The van der Waals surface area contributed by atoms with Gasteiger partial charge in [0.05, 0.1) is 4.47 Å². The van der Waals surface area contributed by atoms with E-state index in [2.05, 4.69) is 15.9 Å². The molecule has 4 N–H and O–H groups in total. The van der Waals surface area contributed by atoms with Gasteiger partial charge in [-0.2, -0.15) is 0 Å². The molecule has 6 heteroatoms. The molecule has 0 aliphatic heterocycles. The Morgan fingerprint density at radius 1 is 1.47 bits per heavy atom. The van der Waals surface area contributed by atoms with Gasteiger partial charge in [-0.1, -0.05) is 0 Å². The quantitative estimate of drug-likeness (QED) is 0.741. The first-order chi connectivity index (χ1) is 6.99. The van der Waals surface area contributed by atoms with Crippen molar-refractivity contribution in [3.8, 4) is 5.75 Å². The van der Waals surface area contributed by atoms with Gasteiger partial charge in [-0.25, -0.2) is 8.78 Å². The lowest BCUT2D eigenvalue weighted by atomic mass is 10.0. The van der Waals surface area contributed by atoms with Crippen LogP contribution in [-0.4, -0.2) is 16.8 Å². The molecule has 0 aliphatic carbocycles. The maximum Gasteiger partial charge on any atom is 0.148 e. The lowest BCUT2D eigenvalue weighted by Crippen LogP contribution is -2.16. The van der Waals surface area contributed by atoms with Crippen LogP contribution in [0.1, 0.15) is 18.0 Å². The van der Waals surface area contributed by atoms with Crippen molar-refractivity contribution in [3.63, 3.8) is 0 Å². The number of hydrogen-bond acceptors (Lipinski definition) is 3. The number of halogens is 3. The van der Waals surface area contributed by atoms with Crippen molar-refractivity contribution in [1.29, 1.82) is 0 Å². The van der Waals surface area contributed by atoms with Crippen molar-refractivity contribution in [2.45, 2.75) is 12.5 Å². The first kappa shape index (κ1) is 12.4. The topological polar surface area (TPSA) is 66.5 Å². The minimum absolute atomic E-state index is 0.0467. The first-order valence-corrected chi connectivity index (χ1v) is 5.01. The van der Waals surface area contributed by atoms with E-state index in [4.69, 9.17) is 15.9 Å². The van der Waals surface area contributed by atoms with Gasteiger partial charge in [-0.15, -0.1) is 0 Å². The van der Waals surface area contributed by atoms with Gasteiger partial charge in [0.15, 0.2) is 0 Å². The molecule has 1 rings (SSSR count). The molecule has 0 radical (unpaired) electrons. The van der Waals surface area contributed by atoms with Gasteiger partial charge in [0.1, 0.15) is 17.4 Å². The molecule has 0 heterocycles. The molecule has 0 spiro atoms. The smallest absolute Gasteiger partial charge is 0.148 e. The Hall–Kier alpha value is -0.720. The molecule has 0 saturated heterocycles. The van der Waals surface area contributed by atoms with Crippen LogP contribution in [-0.2, 0) is 0 Å². The molecule has 0 bridgehead atoms. The van der Waals surface area contributed by atoms with Crippen molar-refractivity contribution >= 4 is 15.9 Å². The zero-order valence-electron chi connectivity index (χ0n) is 7.67. The van der Waals surface area contributed by atoms with E-state index >= 15 is 0 Å². The number of phenolic OH excluding ortho intramolecular Hbond substituents is 1. The summed E-state index contributed by atoms with van der Waals surface area (Å²) in [6.45, 7) is -0.265. The average molecular weight is 282 g/mol. The van der Waals surface area contributed by atoms with Gasteiger partial charge in [-0.3, -0.25) is 0 Å². The van der Waals surface area contributed by atoms with Gasteiger partial charge in [-0.05, 0) is 22.4 Å². The van der Waals surface area contributed by atoms with E-state index in [9.17, 15) is 8.78 Å². The van der Waals surface area contributed by atoms with Crippen molar-refractivity contribution in [3.05, 3.63) is 27.7 Å². The normalized spacial score (nSPS) is 12.9. The van der Waals surface area contributed by atoms with E-state index in [1.54, 1.807) is 0 Å². The monoisotopic (exact) mass is 281 g/mol. The van der Waals surface area contributed by atoms with Crippen LogP contribution in [0, 0.1) is 11.6 Å². The van der Waals surface area contributed by atoms with Crippen LogP contribution in [0.3, 0.4) is 0 Å². The Kier molecular flexibility index (Phi) is 4.01. The zero-order valence-corrected chi connectivity index (χ0v) is 9.26. The van der Waals surface area contributed by atoms with Crippen molar-refractivity contribution in [1.82, 2.24) is 0 Å². The zero-order chi connectivity index (χ0) is 11.6. The Morgan fingerprint density at radius 3 is 2.60 bits per heavy atom. The van der Waals surface area contributed by atoms with Crippen LogP contribution >= 0.6 is 15.9 Å². The largest absolute Gasteiger partial charge is 0.507 e. The standard InChI is InChI=1S/C9H10BrF2NO2/c10-8-6(15)3-4(11)7(9(8)12)5(13)1-2-14/h3,5,14-15H,1-2,13H2.